The van der Waals surface area contributed by atoms with Gasteiger partial charge in [-0.15, -0.1) is 0 Å². The number of ether oxygens (including phenoxy) is 1. The summed E-state index contributed by atoms with van der Waals surface area (Å²) < 4.78 is 5.33. The van der Waals surface area contributed by atoms with Crippen LogP contribution in [0.5, 0.6) is 0 Å². The van der Waals surface area contributed by atoms with Crippen LogP contribution in [0.4, 0.5) is 11.6 Å². The highest BCUT2D eigenvalue weighted by molar-refractivity contribution is 5.38. The molecule has 3 N–H and O–H groups in total. The van der Waals surface area contributed by atoms with Crippen molar-refractivity contribution in [3.05, 3.63) is 12.4 Å². The lowest BCUT2D eigenvalue weighted by Crippen LogP contribution is -2.40. The summed E-state index contributed by atoms with van der Waals surface area (Å²) in [7, 11) is 0. The Bertz CT molecular complexity index is 319. The van der Waals surface area contributed by atoms with Crippen LogP contribution in [0.3, 0.4) is 0 Å². The third-order valence-electron chi connectivity index (χ3n) is 2.70. The molecular formula is C10H16N4O. The fraction of sp³-hybridized carbons (Fsp3) is 0.600. The van der Waals surface area contributed by atoms with Crippen LogP contribution in [0, 0.1) is 0 Å². The van der Waals surface area contributed by atoms with Gasteiger partial charge in [-0.05, 0) is 19.8 Å². The van der Waals surface area contributed by atoms with Crippen LogP contribution >= 0.6 is 0 Å². The first-order valence-corrected chi connectivity index (χ1v) is 5.11. The van der Waals surface area contributed by atoms with E-state index >= 15 is 0 Å². The summed E-state index contributed by atoms with van der Waals surface area (Å²) in [4.78, 5) is 8.18. The van der Waals surface area contributed by atoms with Crippen LogP contribution in [0.2, 0.25) is 0 Å². The summed E-state index contributed by atoms with van der Waals surface area (Å²) in [6.07, 6.45) is 5.19. The number of hydrogen-bond acceptors (Lipinski definition) is 5. The lowest BCUT2D eigenvalue weighted by atomic mass is 9.93. The molecule has 1 aromatic heterocycles. The first-order chi connectivity index (χ1) is 7.18. The van der Waals surface area contributed by atoms with Crippen molar-refractivity contribution in [3.8, 4) is 0 Å². The molecule has 0 saturated carbocycles. The van der Waals surface area contributed by atoms with Gasteiger partial charge in [0.25, 0.3) is 0 Å². The Hall–Kier alpha value is -1.36. The average molecular weight is 208 g/mol. The summed E-state index contributed by atoms with van der Waals surface area (Å²) in [5, 5.41) is 3.38. The van der Waals surface area contributed by atoms with E-state index in [-0.39, 0.29) is 5.54 Å². The van der Waals surface area contributed by atoms with Gasteiger partial charge in [-0.1, -0.05) is 0 Å². The number of rotatable bonds is 2. The fourth-order valence-electron chi connectivity index (χ4n) is 1.66. The van der Waals surface area contributed by atoms with Crippen molar-refractivity contribution in [1.29, 1.82) is 0 Å². The van der Waals surface area contributed by atoms with E-state index in [0.29, 0.717) is 5.82 Å². The third-order valence-corrected chi connectivity index (χ3v) is 2.70. The Morgan fingerprint density at radius 3 is 2.67 bits per heavy atom. The maximum atomic E-state index is 5.47. The maximum Gasteiger partial charge on any atom is 0.145 e. The van der Waals surface area contributed by atoms with Crippen LogP contribution in [0.25, 0.3) is 0 Å². The van der Waals surface area contributed by atoms with Gasteiger partial charge >= 0.3 is 0 Å². The Morgan fingerprint density at radius 2 is 2.07 bits per heavy atom. The second-order valence-electron chi connectivity index (χ2n) is 4.12. The molecule has 0 aliphatic carbocycles. The Balaban J connectivity index is 2.03. The third kappa shape index (κ3) is 2.56. The van der Waals surface area contributed by atoms with Crippen molar-refractivity contribution >= 4 is 11.6 Å². The van der Waals surface area contributed by atoms with E-state index in [4.69, 9.17) is 10.5 Å². The molecule has 0 radical (unpaired) electrons. The molecule has 1 aromatic rings. The summed E-state index contributed by atoms with van der Waals surface area (Å²) in [6.45, 7) is 3.77. The van der Waals surface area contributed by atoms with Crippen molar-refractivity contribution < 1.29 is 4.74 Å². The zero-order valence-corrected chi connectivity index (χ0v) is 8.86. The van der Waals surface area contributed by atoms with Crippen LogP contribution in [0.15, 0.2) is 12.4 Å². The molecule has 1 aliphatic rings. The van der Waals surface area contributed by atoms with Gasteiger partial charge in [0.15, 0.2) is 0 Å². The van der Waals surface area contributed by atoms with Gasteiger partial charge in [-0.25, -0.2) is 9.97 Å². The highest BCUT2D eigenvalue weighted by Gasteiger charge is 2.27. The molecule has 0 bridgehead atoms. The smallest absolute Gasteiger partial charge is 0.145 e. The Labute approximate surface area is 89.1 Å². The average Bonchev–Trinajstić information content (AvgIpc) is 2.22. The summed E-state index contributed by atoms with van der Waals surface area (Å²) in [5.74, 6) is 1.21. The molecule has 2 heterocycles. The normalized spacial score (nSPS) is 19.8. The molecule has 0 aromatic carbocycles. The van der Waals surface area contributed by atoms with Crippen LogP contribution in [0.1, 0.15) is 19.8 Å². The van der Waals surface area contributed by atoms with Gasteiger partial charge in [0, 0.05) is 18.8 Å². The van der Waals surface area contributed by atoms with Crippen LogP contribution in [-0.2, 0) is 4.74 Å². The Kier molecular flexibility index (Phi) is 2.73. The van der Waals surface area contributed by atoms with Gasteiger partial charge in [-0.2, -0.15) is 0 Å². The quantitative estimate of drug-likeness (QED) is 0.759. The number of aromatic nitrogens is 2. The van der Waals surface area contributed by atoms with E-state index in [9.17, 15) is 0 Å². The van der Waals surface area contributed by atoms with Crippen LogP contribution < -0.4 is 11.1 Å². The lowest BCUT2D eigenvalue weighted by Gasteiger charge is -2.34. The highest BCUT2D eigenvalue weighted by atomic mass is 16.5. The highest BCUT2D eigenvalue weighted by Crippen LogP contribution is 2.23. The van der Waals surface area contributed by atoms with E-state index in [1.165, 1.54) is 0 Å². The van der Waals surface area contributed by atoms with Crippen molar-refractivity contribution in [2.45, 2.75) is 25.3 Å². The van der Waals surface area contributed by atoms with E-state index in [1.807, 2.05) is 0 Å². The van der Waals surface area contributed by atoms with Gasteiger partial charge in [-0.3, -0.25) is 0 Å². The van der Waals surface area contributed by atoms with E-state index < -0.39 is 0 Å². The van der Waals surface area contributed by atoms with Crippen molar-refractivity contribution in [3.63, 3.8) is 0 Å². The molecule has 1 aliphatic heterocycles. The van der Waals surface area contributed by atoms with Gasteiger partial charge < -0.3 is 15.8 Å². The first-order valence-electron chi connectivity index (χ1n) is 5.11. The standard InChI is InChI=1S/C10H16N4O/c1-10(2-4-15-5-3-10)14-9-7-12-8(11)6-13-9/h6-7H,2-5H2,1H3,(H2,11,12)(H,13,14). The number of anilines is 2. The van der Waals surface area contributed by atoms with E-state index in [2.05, 4.69) is 22.2 Å². The topological polar surface area (TPSA) is 73.1 Å². The van der Waals surface area contributed by atoms with Gasteiger partial charge in [0.1, 0.15) is 11.6 Å². The van der Waals surface area contributed by atoms with E-state index in [1.54, 1.807) is 12.4 Å². The number of nitrogens with two attached hydrogens (primary N) is 1. The molecule has 82 valence electrons. The Morgan fingerprint density at radius 1 is 1.33 bits per heavy atom. The second-order valence-corrected chi connectivity index (χ2v) is 4.12. The minimum Gasteiger partial charge on any atom is -0.382 e. The monoisotopic (exact) mass is 208 g/mol. The second kappa shape index (κ2) is 4.02. The van der Waals surface area contributed by atoms with E-state index in [0.717, 1.165) is 31.9 Å². The van der Waals surface area contributed by atoms with Crippen molar-refractivity contribution in [1.82, 2.24) is 9.97 Å². The molecule has 1 fully saturated rings. The van der Waals surface area contributed by atoms with Gasteiger partial charge in [0.05, 0.1) is 12.4 Å². The maximum absolute atomic E-state index is 5.47. The van der Waals surface area contributed by atoms with Crippen LogP contribution in [-0.4, -0.2) is 28.7 Å². The molecule has 0 atom stereocenters. The SMILES string of the molecule is CC1(Nc2cnc(N)cn2)CCOCC1. The molecule has 5 heteroatoms. The molecule has 2 rings (SSSR count). The minimum absolute atomic E-state index is 0.0586. The molecule has 5 nitrogen and oxygen atoms in total. The molecular weight excluding hydrogens is 192 g/mol. The molecule has 0 amide bonds. The molecule has 15 heavy (non-hydrogen) atoms. The molecule has 1 saturated heterocycles. The van der Waals surface area contributed by atoms with Crippen molar-refractivity contribution in [2.75, 3.05) is 24.3 Å². The summed E-state index contributed by atoms with van der Waals surface area (Å²) in [6, 6.07) is 0. The zero-order valence-electron chi connectivity index (χ0n) is 8.86. The summed E-state index contributed by atoms with van der Waals surface area (Å²) >= 11 is 0. The van der Waals surface area contributed by atoms with Gasteiger partial charge in [0.2, 0.25) is 0 Å². The lowest BCUT2D eigenvalue weighted by molar-refractivity contribution is 0.0657. The largest absolute Gasteiger partial charge is 0.382 e. The molecule has 0 unspecified atom stereocenters. The number of nitrogen functional groups attached to an aromatic ring is 1. The minimum atomic E-state index is 0.0586. The molecule has 0 spiro atoms. The first kappa shape index (κ1) is 10.2. The number of hydrogen-bond donors (Lipinski definition) is 2. The zero-order chi connectivity index (χ0) is 10.7. The number of nitrogens with one attached hydrogen (secondary N) is 1. The fourth-order valence-corrected chi connectivity index (χ4v) is 1.66. The summed E-state index contributed by atoms with van der Waals surface area (Å²) in [5.41, 5.74) is 5.53. The number of nitrogens with zero attached hydrogens (tertiary/aromatic N) is 2. The van der Waals surface area contributed by atoms with Crippen molar-refractivity contribution in [2.24, 2.45) is 0 Å². The predicted molar refractivity (Wildman–Crippen MR) is 58.5 cm³/mol. The predicted octanol–water partition coefficient (Wildman–Crippen LogP) is 1.04.